The van der Waals surface area contributed by atoms with E-state index in [-0.39, 0.29) is 10.6 Å². The third-order valence-electron chi connectivity index (χ3n) is 5.47. The van der Waals surface area contributed by atoms with E-state index in [2.05, 4.69) is 5.32 Å². The van der Waals surface area contributed by atoms with E-state index in [0.717, 1.165) is 28.0 Å². The van der Waals surface area contributed by atoms with Crippen LogP contribution in [-0.2, 0) is 6.61 Å². The third kappa shape index (κ3) is 4.21. The summed E-state index contributed by atoms with van der Waals surface area (Å²) in [5, 5.41) is 15.4. The Kier molecular flexibility index (Phi) is 5.85. The van der Waals surface area contributed by atoms with Crippen molar-refractivity contribution in [2.75, 3.05) is 0 Å². The maximum atomic E-state index is 12.2. The molecule has 0 saturated carbocycles. The molecule has 5 heteroatoms. The van der Waals surface area contributed by atoms with E-state index in [1.54, 1.807) is 6.92 Å². The number of dihydropyridines is 1. The topological polar surface area (TPSA) is 64.4 Å². The monoisotopic (exact) mass is 412 g/mol. The fraction of sp³-hybridized carbons (Fsp3) is 0.154. The second-order valence-corrected chi connectivity index (χ2v) is 7.54. The van der Waals surface area contributed by atoms with Crippen molar-refractivity contribution >= 4 is 5.57 Å². The van der Waals surface area contributed by atoms with Crippen molar-refractivity contribution in [3.05, 3.63) is 129 Å². The number of allylic oxidation sites excluding steroid dienone is 3. The molecular formula is C26H24N2O3. The number of benzene rings is 3. The fourth-order valence-corrected chi connectivity index (χ4v) is 4.11. The minimum Gasteiger partial charge on any atom is -0.489 e. The van der Waals surface area contributed by atoms with Crippen molar-refractivity contribution in [1.29, 1.82) is 0 Å². The summed E-state index contributed by atoms with van der Waals surface area (Å²) in [7, 11) is 0. The molecule has 3 aromatic rings. The first-order valence-corrected chi connectivity index (χ1v) is 10.2. The van der Waals surface area contributed by atoms with Gasteiger partial charge in [-0.05, 0) is 36.6 Å². The number of hydrogen-bond acceptors (Lipinski definition) is 4. The number of ether oxygens (including phenoxy) is 1. The van der Waals surface area contributed by atoms with E-state index in [4.69, 9.17) is 4.74 Å². The van der Waals surface area contributed by atoms with Crippen LogP contribution in [0.3, 0.4) is 0 Å². The number of nitrogens with zero attached hydrogens (tertiary/aromatic N) is 1. The Balaban J connectivity index is 1.82. The molecule has 0 aromatic heterocycles. The smallest absolute Gasteiger partial charge is 0.276 e. The van der Waals surface area contributed by atoms with Gasteiger partial charge in [0, 0.05) is 11.3 Å². The molecule has 5 nitrogen and oxygen atoms in total. The van der Waals surface area contributed by atoms with Crippen molar-refractivity contribution < 1.29 is 9.66 Å². The number of para-hydroxylation sites is 1. The van der Waals surface area contributed by atoms with E-state index in [0.29, 0.717) is 18.1 Å². The summed E-state index contributed by atoms with van der Waals surface area (Å²) in [6, 6.07) is 27.3. The highest BCUT2D eigenvalue weighted by Gasteiger charge is 2.39. The molecule has 0 fully saturated rings. The highest BCUT2D eigenvalue weighted by atomic mass is 16.6. The van der Waals surface area contributed by atoms with Crippen molar-refractivity contribution in [3.63, 3.8) is 0 Å². The van der Waals surface area contributed by atoms with Gasteiger partial charge in [-0.1, -0.05) is 78.9 Å². The minimum absolute atomic E-state index is 0.139. The molecule has 0 spiro atoms. The van der Waals surface area contributed by atoms with Gasteiger partial charge in [-0.25, -0.2) is 0 Å². The molecule has 0 aliphatic carbocycles. The first-order chi connectivity index (χ1) is 15.1. The summed E-state index contributed by atoms with van der Waals surface area (Å²) < 4.78 is 6.17. The van der Waals surface area contributed by atoms with Crippen LogP contribution in [0.5, 0.6) is 5.75 Å². The van der Waals surface area contributed by atoms with Crippen LogP contribution in [0, 0.1) is 10.1 Å². The number of hydrogen-bond donors (Lipinski definition) is 1. The van der Waals surface area contributed by atoms with Gasteiger partial charge in [-0.3, -0.25) is 10.1 Å². The minimum atomic E-state index is -0.550. The quantitative estimate of drug-likeness (QED) is 0.405. The fourth-order valence-electron chi connectivity index (χ4n) is 4.11. The molecule has 1 N–H and O–H groups in total. The Morgan fingerprint density at radius 1 is 0.871 bits per heavy atom. The van der Waals surface area contributed by atoms with Gasteiger partial charge < -0.3 is 10.1 Å². The average Bonchev–Trinajstić information content (AvgIpc) is 2.78. The molecule has 31 heavy (non-hydrogen) atoms. The lowest BCUT2D eigenvalue weighted by atomic mass is 9.80. The summed E-state index contributed by atoms with van der Waals surface area (Å²) in [4.78, 5) is 11.9. The highest BCUT2D eigenvalue weighted by Crippen LogP contribution is 2.46. The molecule has 0 bridgehead atoms. The van der Waals surface area contributed by atoms with Gasteiger partial charge in [0.05, 0.1) is 10.6 Å². The Labute approximate surface area is 181 Å². The Morgan fingerprint density at radius 2 is 1.48 bits per heavy atom. The highest BCUT2D eigenvalue weighted by molar-refractivity contribution is 5.79. The van der Waals surface area contributed by atoms with Gasteiger partial charge >= 0.3 is 0 Å². The molecule has 0 saturated heterocycles. The zero-order valence-corrected chi connectivity index (χ0v) is 17.5. The predicted octanol–water partition coefficient (Wildman–Crippen LogP) is 5.89. The van der Waals surface area contributed by atoms with E-state index >= 15 is 0 Å². The summed E-state index contributed by atoms with van der Waals surface area (Å²) in [6.07, 6.45) is 0. The summed E-state index contributed by atoms with van der Waals surface area (Å²) in [5.41, 5.74) is 5.24. The molecule has 1 atom stereocenters. The Morgan fingerprint density at radius 3 is 2.16 bits per heavy atom. The van der Waals surface area contributed by atoms with E-state index in [1.807, 2.05) is 91.9 Å². The van der Waals surface area contributed by atoms with Gasteiger partial charge in [-0.2, -0.15) is 0 Å². The van der Waals surface area contributed by atoms with Gasteiger partial charge in [0.15, 0.2) is 0 Å². The van der Waals surface area contributed by atoms with Crippen LogP contribution in [0.15, 0.2) is 102 Å². The van der Waals surface area contributed by atoms with Gasteiger partial charge in [0.2, 0.25) is 0 Å². The summed E-state index contributed by atoms with van der Waals surface area (Å²) >= 11 is 0. The van der Waals surface area contributed by atoms with E-state index in [9.17, 15) is 10.1 Å². The molecule has 0 radical (unpaired) electrons. The standard InChI is InChI=1S/C26H24N2O3/c1-18-24(21-13-7-4-8-14-21)25(26(28(29)30)19(2)27-18)22-15-9-10-16-23(22)31-17-20-11-5-3-6-12-20/h3-16,25,27H,17H2,1-2H3. The van der Waals surface area contributed by atoms with Crippen LogP contribution in [0.25, 0.3) is 5.57 Å². The molecule has 4 rings (SSSR count). The van der Waals surface area contributed by atoms with Crippen LogP contribution >= 0.6 is 0 Å². The van der Waals surface area contributed by atoms with E-state index in [1.165, 1.54) is 0 Å². The van der Waals surface area contributed by atoms with Crippen LogP contribution in [0.1, 0.15) is 36.5 Å². The van der Waals surface area contributed by atoms with Crippen molar-refractivity contribution in [1.82, 2.24) is 5.32 Å². The lowest BCUT2D eigenvalue weighted by molar-refractivity contribution is -0.430. The summed E-state index contributed by atoms with van der Waals surface area (Å²) in [5.74, 6) is 0.0947. The Bertz CT molecular complexity index is 1150. The SMILES string of the molecule is CC1=C(c2ccccc2)C(c2ccccc2OCc2ccccc2)C([N+](=O)[O-])=C(C)N1. The second kappa shape index (κ2) is 8.88. The lowest BCUT2D eigenvalue weighted by Gasteiger charge is -2.29. The Hall–Kier alpha value is -3.86. The van der Waals surface area contributed by atoms with Crippen molar-refractivity contribution in [2.45, 2.75) is 26.4 Å². The molecule has 1 heterocycles. The lowest BCUT2D eigenvalue weighted by Crippen LogP contribution is -2.27. The average molecular weight is 412 g/mol. The van der Waals surface area contributed by atoms with Gasteiger partial charge in [-0.15, -0.1) is 0 Å². The van der Waals surface area contributed by atoms with Gasteiger partial charge in [0.25, 0.3) is 5.70 Å². The number of rotatable bonds is 6. The summed E-state index contributed by atoms with van der Waals surface area (Å²) in [6.45, 7) is 4.11. The molecule has 1 unspecified atom stereocenters. The van der Waals surface area contributed by atoms with Crippen LogP contribution < -0.4 is 10.1 Å². The normalized spacial score (nSPS) is 16.1. The first kappa shape index (κ1) is 20.4. The zero-order valence-electron chi connectivity index (χ0n) is 17.5. The zero-order chi connectivity index (χ0) is 21.8. The molecular weight excluding hydrogens is 388 g/mol. The van der Waals surface area contributed by atoms with E-state index < -0.39 is 5.92 Å². The predicted molar refractivity (Wildman–Crippen MR) is 122 cm³/mol. The van der Waals surface area contributed by atoms with Crippen LogP contribution in [0.2, 0.25) is 0 Å². The molecule has 1 aliphatic rings. The maximum absolute atomic E-state index is 12.2. The number of nitro groups is 1. The van der Waals surface area contributed by atoms with Crippen LogP contribution in [-0.4, -0.2) is 4.92 Å². The van der Waals surface area contributed by atoms with Crippen LogP contribution in [0.4, 0.5) is 0 Å². The molecule has 156 valence electrons. The van der Waals surface area contributed by atoms with Crippen molar-refractivity contribution in [2.24, 2.45) is 0 Å². The molecule has 3 aromatic carbocycles. The third-order valence-corrected chi connectivity index (χ3v) is 5.47. The first-order valence-electron chi connectivity index (χ1n) is 10.2. The van der Waals surface area contributed by atoms with Gasteiger partial charge in [0.1, 0.15) is 18.3 Å². The maximum Gasteiger partial charge on any atom is 0.276 e. The second-order valence-electron chi connectivity index (χ2n) is 7.54. The molecule has 0 amide bonds. The largest absolute Gasteiger partial charge is 0.489 e. The van der Waals surface area contributed by atoms with Crippen molar-refractivity contribution in [3.8, 4) is 5.75 Å². The molecule has 1 aliphatic heterocycles. The number of nitrogens with one attached hydrogen (secondary N) is 1.